The van der Waals surface area contributed by atoms with Crippen molar-refractivity contribution in [1.82, 2.24) is 20.1 Å². The Morgan fingerprint density at radius 1 is 1.33 bits per heavy atom. The first-order chi connectivity index (χ1) is 11.5. The average molecular weight is 351 g/mol. The monoisotopic (exact) mass is 350 g/mol. The fourth-order valence-corrected chi connectivity index (χ4v) is 2.91. The van der Waals surface area contributed by atoms with Crippen molar-refractivity contribution in [2.75, 3.05) is 33.7 Å². The van der Waals surface area contributed by atoms with Crippen molar-refractivity contribution in [2.24, 2.45) is 0 Å². The van der Waals surface area contributed by atoms with Gasteiger partial charge < -0.3 is 19.9 Å². The number of H-pyrrole nitrogens is 1. The number of carbonyl (C=O) groups is 2. The Bertz CT molecular complexity index is 776. The summed E-state index contributed by atoms with van der Waals surface area (Å²) in [4.78, 5) is 30.9. The molecule has 2 amide bonds. The number of piperazine rings is 1. The van der Waals surface area contributed by atoms with Crippen LogP contribution in [0.25, 0.3) is 10.9 Å². The van der Waals surface area contributed by atoms with Gasteiger partial charge in [0.15, 0.2) is 6.23 Å². The van der Waals surface area contributed by atoms with Crippen LogP contribution >= 0.6 is 11.6 Å². The van der Waals surface area contributed by atoms with E-state index in [0.29, 0.717) is 30.4 Å². The maximum Gasteiger partial charge on any atom is 0.408 e. The summed E-state index contributed by atoms with van der Waals surface area (Å²) in [6.45, 7) is 1.51. The molecular formula is C16H19ClN4O3. The van der Waals surface area contributed by atoms with E-state index in [4.69, 9.17) is 16.3 Å². The third-order valence-electron chi connectivity index (χ3n) is 4.14. The Labute approximate surface area is 144 Å². The SMILES string of the molecule is CNC(=O)OC1CN(C(=O)c2cc3cc(Cl)ccc3[nH]2)CCN1C. The van der Waals surface area contributed by atoms with E-state index in [0.717, 1.165) is 10.9 Å². The lowest BCUT2D eigenvalue weighted by Crippen LogP contribution is -2.55. The molecule has 24 heavy (non-hydrogen) atoms. The van der Waals surface area contributed by atoms with Gasteiger partial charge in [0.05, 0.1) is 6.54 Å². The number of likely N-dealkylation sites (N-methyl/N-ethyl adjacent to an activating group) is 1. The third-order valence-corrected chi connectivity index (χ3v) is 4.37. The maximum absolute atomic E-state index is 12.7. The molecule has 2 N–H and O–H groups in total. The predicted molar refractivity (Wildman–Crippen MR) is 91.2 cm³/mol. The van der Waals surface area contributed by atoms with Crippen molar-refractivity contribution in [3.63, 3.8) is 0 Å². The van der Waals surface area contributed by atoms with E-state index in [1.165, 1.54) is 7.05 Å². The first kappa shape index (κ1) is 16.6. The van der Waals surface area contributed by atoms with E-state index < -0.39 is 12.3 Å². The number of aromatic amines is 1. The van der Waals surface area contributed by atoms with Crippen LogP contribution in [0.15, 0.2) is 24.3 Å². The van der Waals surface area contributed by atoms with E-state index in [2.05, 4.69) is 10.3 Å². The van der Waals surface area contributed by atoms with Crippen molar-refractivity contribution < 1.29 is 14.3 Å². The first-order valence-electron chi connectivity index (χ1n) is 7.64. The number of ether oxygens (including phenoxy) is 1. The zero-order chi connectivity index (χ0) is 17.3. The highest BCUT2D eigenvalue weighted by atomic mass is 35.5. The summed E-state index contributed by atoms with van der Waals surface area (Å²) in [6.07, 6.45) is -0.983. The molecule has 0 bridgehead atoms. The third kappa shape index (κ3) is 3.32. The minimum Gasteiger partial charge on any atom is -0.428 e. The highest BCUT2D eigenvalue weighted by molar-refractivity contribution is 6.31. The Morgan fingerprint density at radius 3 is 2.88 bits per heavy atom. The van der Waals surface area contributed by atoms with Gasteiger partial charge >= 0.3 is 6.09 Å². The van der Waals surface area contributed by atoms with Gasteiger partial charge in [-0.2, -0.15) is 0 Å². The Kier molecular flexibility index (Phi) is 4.64. The van der Waals surface area contributed by atoms with Crippen LogP contribution in [0.4, 0.5) is 4.79 Å². The van der Waals surface area contributed by atoms with Gasteiger partial charge in [0, 0.05) is 36.1 Å². The number of carbonyl (C=O) groups excluding carboxylic acids is 2. The van der Waals surface area contributed by atoms with Crippen molar-refractivity contribution in [1.29, 1.82) is 0 Å². The van der Waals surface area contributed by atoms with Gasteiger partial charge in [-0.05, 0) is 31.3 Å². The summed E-state index contributed by atoms with van der Waals surface area (Å²) in [5, 5.41) is 3.93. The van der Waals surface area contributed by atoms with Crippen molar-refractivity contribution in [3.05, 3.63) is 35.0 Å². The molecule has 0 aliphatic carbocycles. The number of halogens is 1. The molecule has 0 radical (unpaired) electrons. The van der Waals surface area contributed by atoms with Crippen LogP contribution in [0.5, 0.6) is 0 Å². The largest absolute Gasteiger partial charge is 0.428 e. The lowest BCUT2D eigenvalue weighted by molar-refractivity contribution is -0.0436. The van der Waals surface area contributed by atoms with E-state index in [1.807, 2.05) is 24.1 Å². The highest BCUT2D eigenvalue weighted by Gasteiger charge is 2.30. The number of aromatic nitrogens is 1. The highest BCUT2D eigenvalue weighted by Crippen LogP contribution is 2.21. The van der Waals surface area contributed by atoms with Crippen LogP contribution in [0.1, 0.15) is 10.5 Å². The van der Waals surface area contributed by atoms with E-state index >= 15 is 0 Å². The molecule has 3 rings (SSSR count). The van der Waals surface area contributed by atoms with Crippen molar-refractivity contribution >= 4 is 34.5 Å². The summed E-state index contributed by atoms with van der Waals surface area (Å²) >= 11 is 5.98. The summed E-state index contributed by atoms with van der Waals surface area (Å²) in [5.74, 6) is -0.124. The zero-order valence-electron chi connectivity index (χ0n) is 13.5. The van der Waals surface area contributed by atoms with Crippen LogP contribution in [0.2, 0.25) is 5.02 Å². The van der Waals surface area contributed by atoms with Gasteiger partial charge in [-0.3, -0.25) is 9.69 Å². The Balaban J connectivity index is 1.76. The first-order valence-corrected chi connectivity index (χ1v) is 8.02. The fourth-order valence-electron chi connectivity index (χ4n) is 2.72. The summed E-state index contributed by atoms with van der Waals surface area (Å²) < 4.78 is 5.30. The predicted octanol–water partition coefficient (Wildman–Crippen LogP) is 1.89. The molecule has 2 aromatic rings. The Hall–Kier alpha value is -2.25. The van der Waals surface area contributed by atoms with Gasteiger partial charge in [-0.25, -0.2) is 4.79 Å². The molecule has 1 aliphatic heterocycles. The van der Waals surface area contributed by atoms with E-state index in [-0.39, 0.29) is 5.91 Å². The molecule has 128 valence electrons. The molecule has 1 saturated heterocycles. The normalized spacial score (nSPS) is 18.6. The number of fused-ring (bicyclic) bond motifs is 1. The summed E-state index contributed by atoms with van der Waals surface area (Å²) in [6, 6.07) is 7.22. The lowest BCUT2D eigenvalue weighted by Gasteiger charge is -2.38. The second-order valence-electron chi connectivity index (χ2n) is 5.76. The van der Waals surface area contributed by atoms with Gasteiger partial charge in [-0.15, -0.1) is 0 Å². The van der Waals surface area contributed by atoms with Crippen LogP contribution in [-0.2, 0) is 4.74 Å². The van der Waals surface area contributed by atoms with E-state index in [9.17, 15) is 9.59 Å². The minimum absolute atomic E-state index is 0.124. The van der Waals surface area contributed by atoms with Gasteiger partial charge in [0.25, 0.3) is 5.91 Å². The minimum atomic E-state index is -0.513. The van der Waals surface area contributed by atoms with E-state index in [1.54, 1.807) is 17.0 Å². The van der Waals surface area contributed by atoms with Gasteiger partial charge in [0.2, 0.25) is 0 Å². The number of nitrogens with zero attached hydrogens (tertiary/aromatic N) is 2. The molecule has 1 aromatic carbocycles. The quantitative estimate of drug-likeness (QED) is 0.867. The molecule has 1 atom stereocenters. The number of hydrogen-bond acceptors (Lipinski definition) is 4. The van der Waals surface area contributed by atoms with Crippen LogP contribution in [0, 0.1) is 0 Å². The van der Waals surface area contributed by atoms with Gasteiger partial charge in [0.1, 0.15) is 5.69 Å². The number of nitrogens with one attached hydrogen (secondary N) is 2. The fraction of sp³-hybridized carbons (Fsp3) is 0.375. The number of hydrogen-bond donors (Lipinski definition) is 2. The lowest BCUT2D eigenvalue weighted by atomic mass is 10.2. The summed E-state index contributed by atoms with van der Waals surface area (Å²) in [7, 11) is 3.37. The second-order valence-corrected chi connectivity index (χ2v) is 6.19. The number of benzene rings is 1. The molecule has 1 aliphatic rings. The summed E-state index contributed by atoms with van der Waals surface area (Å²) in [5.41, 5.74) is 1.35. The average Bonchev–Trinajstić information content (AvgIpc) is 2.99. The zero-order valence-corrected chi connectivity index (χ0v) is 14.3. The molecular weight excluding hydrogens is 332 g/mol. The number of alkyl carbamates (subject to hydrolysis) is 1. The second kappa shape index (κ2) is 6.70. The molecule has 8 heteroatoms. The van der Waals surface area contributed by atoms with Crippen molar-refractivity contribution in [3.8, 4) is 0 Å². The topological polar surface area (TPSA) is 77.7 Å². The molecule has 0 spiro atoms. The smallest absolute Gasteiger partial charge is 0.408 e. The number of amides is 2. The van der Waals surface area contributed by atoms with Crippen LogP contribution in [0.3, 0.4) is 0 Å². The van der Waals surface area contributed by atoms with Crippen LogP contribution in [-0.4, -0.2) is 66.7 Å². The molecule has 1 aromatic heterocycles. The molecule has 7 nitrogen and oxygen atoms in total. The standard InChI is InChI=1S/C16H19ClN4O3/c1-18-16(23)24-14-9-21(6-5-20(14)2)15(22)13-8-10-7-11(17)3-4-12(10)19-13/h3-4,7-8,14,19H,5-6,9H2,1-2H3,(H,18,23). The molecule has 2 heterocycles. The maximum atomic E-state index is 12.7. The molecule has 1 fully saturated rings. The molecule has 0 saturated carbocycles. The van der Waals surface area contributed by atoms with Crippen LogP contribution < -0.4 is 5.32 Å². The Morgan fingerprint density at radius 2 is 2.12 bits per heavy atom. The van der Waals surface area contributed by atoms with Crippen molar-refractivity contribution in [2.45, 2.75) is 6.23 Å². The molecule has 1 unspecified atom stereocenters. The van der Waals surface area contributed by atoms with Gasteiger partial charge in [-0.1, -0.05) is 11.6 Å². The number of rotatable bonds is 2.